The minimum Gasteiger partial charge on any atom is -0.358 e. The van der Waals surface area contributed by atoms with E-state index in [9.17, 15) is 4.39 Å². The van der Waals surface area contributed by atoms with Crippen LogP contribution in [0.5, 0.6) is 0 Å². The maximum atomic E-state index is 13.5. The number of aromatic amines is 1. The van der Waals surface area contributed by atoms with Gasteiger partial charge in [-0.2, -0.15) is 0 Å². The van der Waals surface area contributed by atoms with E-state index in [-0.39, 0.29) is 10.8 Å². The second kappa shape index (κ2) is 4.00. The number of H-pyrrole nitrogens is 1. The number of fused-ring (bicyclic) bond motifs is 3. The quantitative estimate of drug-likeness (QED) is 0.805. The minimum atomic E-state index is -0.351. The summed E-state index contributed by atoms with van der Waals surface area (Å²) < 4.78 is 13.5. The highest BCUT2D eigenvalue weighted by molar-refractivity contribution is 6.36. The van der Waals surface area contributed by atoms with Gasteiger partial charge in [0.25, 0.3) is 0 Å². The fourth-order valence-electron chi connectivity index (χ4n) is 2.72. The molecule has 0 spiro atoms. The third-order valence-corrected chi connectivity index (χ3v) is 4.04. The summed E-state index contributed by atoms with van der Waals surface area (Å²) in [5.41, 5.74) is 9.00. The number of rotatable bonds is 1. The average Bonchev–Trinajstić information content (AvgIpc) is 2.71. The molecule has 17 heavy (non-hydrogen) atoms. The molecule has 3 N–H and O–H groups in total. The van der Waals surface area contributed by atoms with Gasteiger partial charge < -0.3 is 10.7 Å². The SMILES string of the molecule is NC[C@@H]1CCc2[nH]c3ccc(F)c(Cl)c3c2C1. The Morgan fingerprint density at radius 1 is 1.47 bits per heavy atom. The first-order valence-electron chi connectivity index (χ1n) is 5.88. The van der Waals surface area contributed by atoms with Gasteiger partial charge in [0.15, 0.2) is 0 Å². The average molecular weight is 253 g/mol. The number of nitrogens with two attached hydrogens (primary N) is 1. The zero-order valence-electron chi connectivity index (χ0n) is 9.39. The lowest BCUT2D eigenvalue weighted by Crippen LogP contribution is -2.21. The second-order valence-corrected chi connectivity index (χ2v) is 5.09. The van der Waals surface area contributed by atoms with Crippen molar-refractivity contribution in [2.24, 2.45) is 11.7 Å². The summed E-state index contributed by atoms with van der Waals surface area (Å²) in [5, 5.41) is 1.08. The number of aryl methyl sites for hydroxylation is 1. The van der Waals surface area contributed by atoms with Crippen LogP contribution in [0.3, 0.4) is 0 Å². The fraction of sp³-hybridized carbons (Fsp3) is 0.385. The van der Waals surface area contributed by atoms with Crippen LogP contribution in [0.15, 0.2) is 12.1 Å². The van der Waals surface area contributed by atoms with Gasteiger partial charge in [0.05, 0.1) is 5.02 Å². The van der Waals surface area contributed by atoms with Crippen LogP contribution in [0, 0.1) is 11.7 Å². The van der Waals surface area contributed by atoms with Crippen LogP contribution in [-0.4, -0.2) is 11.5 Å². The van der Waals surface area contributed by atoms with E-state index >= 15 is 0 Å². The molecule has 2 aromatic rings. The van der Waals surface area contributed by atoms with Crippen LogP contribution < -0.4 is 5.73 Å². The van der Waals surface area contributed by atoms with Crippen molar-refractivity contribution in [2.45, 2.75) is 19.3 Å². The number of hydrogen-bond acceptors (Lipinski definition) is 1. The summed E-state index contributed by atoms with van der Waals surface area (Å²) in [4.78, 5) is 3.34. The smallest absolute Gasteiger partial charge is 0.142 e. The zero-order valence-corrected chi connectivity index (χ0v) is 10.1. The van der Waals surface area contributed by atoms with Crippen LogP contribution >= 0.6 is 11.6 Å². The molecule has 4 heteroatoms. The summed E-state index contributed by atoms with van der Waals surface area (Å²) >= 11 is 6.07. The summed E-state index contributed by atoms with van der Waals surface area (Å²) in [5.74, 6) is 0.136. The molecule has 0 radical (unpaired) electrons. The third-order valence-electron chi connectivity index (χ3n) is 3.68. The van der Waals surface area contributed by atoms with Gasteiger partial charge >= 0.3 is 0 Å². The largest absolute Gasteiger partial charge is 0.358 e. The number of benzene rings is 1. The Morgan fingerprint density at radius 3 is 3.06 bits per heavy atom. The van der Waals surface area contributed by atoms with Crippen LogP contribution in [0.4, 0.5) is 4.39 Å². The summed E-state index contributed by atoms with van der Waals surface area (Å²) in [7, 11) is 0. The fourth-order valence-corrected chi connectivity index (χ4v) is 3.00. The van der Waals surface area contributed by atoms with Crippen molar-refractivity contribution in [1.29, 1.82) is 0 Å². The highest BCUT2D eigenvalue weighted by Gasteiger charge is 2.23. The van der Waals surface area contributed by atoms with Crippen LogP contribution in [0.2, 0.25) is 5.02 Å². The Labute approximate surface area is 104 Å². The summed E-state index contributed by atoms with van der Waals surface area (Å²) in [6.45, 7) is 0.680. The van der Waals surface area contributed by atoms with E-state index in [1.807, 2.05) is 0 Å². The first kappa shape index (κ1) is 11.1. The van der Waals surface area contributed by atoms with Gasteiger partial charge in [-0.05, 0) is 49.4 Å². The van der Waals surface area contributed by atoms with Gasteiger partial charge in [-0.1, -0.05) is 11.6 Å². The van der Waals surface area contributed by atoms with Gasteiger partial charge in [0.2, 0.25) is 0 Å². The predicted molar refractivity (Wildman–Crippen MR) is 67.8 cm³/mol. The molecular formula is C13H14ClFN2. The van der Waals surface area contributed by atoms with E-state index in [4.69, 9.17) is 17.3 Å². The Morgan fingerprint density at radius 2 is 2.29 bits per heavy atom. The number of nitrogens with one attached hydrogen (secondary N) is 1. The lowest BCUT2D eigenvalue weighted by molar-refractivity contribution is 0.468. The Bertz CT molecular complexity index is 576. The van der Waals surface area contributed by atoms with Crippen LogP contribution in [0.25, 0.3) is 10.9 Å². The lowest BCUT2D eigenvalue weighted by atomic mass is 9.86. The van der Waals surface area contributed by atoms with E-state index in [0.717, 1.165) is 35.7 Å². The van der Waals surface area contributed by atoms with Crippen molar-refractivity contribution in [3.05, 3.63) is 34.2 Å². The molecule has 1 aliphatic rings. The van der Waals surface area contributed by atoms with Crippen LogP contribution in [0.1, 0.15) is 17.7 Å². The molecule has 0 aliphatic heterocycles. The first-order chi connectivity index (χ1) is 8.20. The van der Waals surface area contributed by atoms with Crippen molar-refractivity contribution in [3.63, 3.8) is 0 Å². The van der Waals surface area contributed by atoms with E-state index in [1.165, 1.54) is 11.8 Å². The van der Waals surface area contributed by atoms with Crippen molar-refractivity contribution < 1.29 is 4.39 Å². The molecule has 3 rings (SSSR count). The molecule has 1 aliphatic carbocycles. The molecule has 0 saturated carbocycles. The van der Waals surface area contributed by atoms with Gasteiger partial charge in [-0.3, -0.25) is 0 Å². The number of hydrogen-bond donors (Lipinski definition) is 2. The number of aromatic nitrogens is 1. The third kappa shape index (κ3) is 1.65. The molecule has 90 valence electrons. The number of halogens is 2. The molecule has 0 saturated heterocycles. The molecule has 1 heterocycles. The van der Waals surface area contributed by atoms with E-state index in [0.29, 0.717) is 12.5 Å². The highest BCUT2D eigenvalue weighted by atomic mass is 35.5. The normalized spacial score (nSPS) is 19.6. The molecule has 0 fully saturated rings. The van der Waals surface area contributed by atoms with E-state index in [2.05, 4.69) is 4.98 Å². The van der Waals surface area contributed by atoms with Crippen molar-refractivity contribution in [3.8, 4) is 0 Å². The van der Waals surface area contributed by atoms with Gasteiger partial charge in [-0.25, -0.2) is 4.39 Å². The van der Waals surface area contributed by atoms with Gasteiger partial charge in [-0.15, -0.1) is 0 Å². The van der Waals surface area contributed by atoms with Gasteiger partial charge in [0.1, 0.15) is 5.82 Å². The van der Waals surface area contributed by atoms with Gasteiger partial charge in [0, 0.05) is 16.6 Å². The van der Waals surface area contributed by atoms with Crippen molar-refractivity contribution in [1.82, 2.24) is 4.98 Å². The maximum Gasteiger partial charge on any atom is 0.142 e. The van der Waals surface area contributed by atoms with Crippen molar-refractivity contribution in [2.75, 3.05) is 6.54 Å². The molecule has 0 bridgehead atoms. The standard InChI is InChI=1S/C13H14ClFN2/c14-13-9(15)2-4-11-12(13)8-5-7(6-16)1-3-10(8)17-11/h2,4,7,17H,1,3,5-6,16H2/t7-/m1/s1. The highest BCUT2D eigenvalue weighted by Crippen LogP contribution is 2.36. The predicted octanol–water partition coefficient (Wildman–Crippen LogP) is 3.02. The van der Waals surface area contributed by atoms with Crippen molar-refractivity contribution >= 4 is 22.5 Å². The zero-order chi connectivity index (χ0) is 12.0. The maximum absolute atomic E-state index is 13.5. The molecule has 1 atom stereocenters. The topological polar surface area (TPSA) is 41.8 Å². The second-order valence-electron chi connectivity index (χ2n) is 4.71. The lowest BCUT2D eigenvalue weighted by Gasteiger charge is -2.20. The Balaban J connectivity index is 2.22. The molecule has 0 amide bonds. The molecule has 2 nitrogen and oxygen atoms in total. The first-order valence-corrected chi connectivity index (χ1v) is 6.26. The Kier molecular flexibility index (Phi) is 2.60. The minimum absolute atomic E-state index is 0.234. The van der Waals surface area contributed by atoms with E-state index in [1.54, 1.807) is 6.07 Å². The summed E-state index contributed by atoms with van der Waals surface area (Å²) in [6, 6.07) is 3.17. The monoisotopic (exact) mass is 252 g/mol. The summed E-state index contributed by atoms with van der Waals surface area (Å²) in [6.07, 6.45) is 2.97. The molecule has 1 aromatic carbocycles. The van der Waals surface area contributed by atoms with Crippen LogP contribution in [-0.2, 0) is 12.8 Å². The molecule has 0 unspecified atom stereocenters. The van der Waals surface area contributed by atoms with E-state index < -0.39 is 0 Å². The Hall–Kier alpha value is -1.06. The molecule has 1 aromatic heterocycles. The molecular weight excluding hydrogens is 239 g/mol.